The SMILES string of the molecule is CC[C@@H]1C[C@H](OC)CCN1C. The van der Waals surface area contributed by atoms with E-state index in [0.717, 1.165) is 6.04 Å². The van der Waals surface area contributed by atoms with Crippen LogP contribution in [0.1, 0.15) is 26.2 Å². The van der Waals surface area contributed by atoms with E-state index in [0.29, 0.717) is 6.10 Å². The van der Waals surface area contributed by atoms with Crippen molar-refractivity contribution >= 4 is 0 Å². The van der Waals surface area contributed by atoms with Gasteiger partial charge < -0.3 is 9.64 Å². The minimum absolute atomic E-state index is 0.510. The topological polar surface area (TPSA) is 12.5 Å². The van der Waals surface area contributed by atoms with Gasteiger partial charge in [-0.1, -0.05) is 6.92 Å². The summed E-state index contributed by atoms with van der Waals surface area (Å²) in [4.78, 5) is 2.44. The largest absolute Gasteiger partial charge is 0.381 e. The Labute approximate surface area is 69.5 Å². The fourth-order valence-electron chi connectivity index (χ4n) is 1.82. The van der Waals surface area contributed by atoms with E-state index in [1.807, 2.05) is 7.11 Å². The number of hydrogen-bond acceptors (Lipinski definition) is 2. The zero-order valence-electron chi connectivity index (χ0n) is 7.84. The van der Waals surface area contributed by atoms with Crippen molar-refractivity contribution in [3.8, 4) is 0 Å². The predicted molar refractivity (Wildman–Crippen MR) is 46.7 cm³/mol. The molecule has 1 fully saturated rings. The molecule has 1 rings (SSSR count). The Morgan fingerprint density at radius 2 is 2.27 bits per heavy atom. The third-order valence-corrected chi connectivity index (χ3v) is 2.77. The molecule has 2 nitrogen and oxygen atoms in total. The second-order valence-corrected chi connectivity index (χ2v) is 3.42. The predicted octanol–water partition coefficient (Wildman–Crippen LogP) is 1.51. The summed E-state index contributed by atoms with van der Waals surface area (Å²) in [6.45, 7) is 3.44. The van der Waals surface area contributed by atoms with E-state index in [1.54, 1.807) is 0 Å². The van der Waals surface area contributed by atoms with Crippen molar-refractivity contribution in [3.05, 3.63) is 0 Å². The van der Waals surface area contributed by atoms with Crippen LogP contribution in [0.3, 0.4) is 0 Å². The molecule has 1 aliphatic rings. The van der Waals surface area contributed by atoms with Gasteiger partial charge in [-0.25, -0.2) is 0 Å². The van der Waals surface area contributed by atoms with Crippen LogP contribution in [0.15, 0.2) is 0 Å². The van der Waals surface area contributed by atoms with Crippen LogP contribution in [-0.4, -0.2) is 37.7 Å². The zero-order chi connectivity index (χ0) is 8.27. The Morgan fingerprint density at radius 3 is 2.82 bits per heavy atom. The van der Waals surface area contributed by atoms with Crippen molar-refractivity contribution < 1.29 is 4.74 Å². The van der Waals surface area contributed by atoms with Gasteiger partial charge >= 0.3 is 0 Å². The Morgan fingerprint density at radius 1 is 1.55 bits per heavy atom. The second-order valence-electron chi connectivity index (χ2n) is 3.42. The molecule has 11 heavy (non-hydrogen) atoms. The molecule has 0 spiro atoms. The van der Waals surface area contributed by atoms with E-state index < -0.39 is 0 Å². The van der Waals surface area contributed by atoms with Crippen molar-refractivity contribution in [3.63, 3.8) is 0 Å². The molecule has 0 aromatic heterocycles. The van der Waals surface area contributed by atoms with Gasteiger partial charge in [0.05, 0.1) is 6.10 Å². The molecule has 0 radical (unpaired) electrons. The van der Waals surface area contributed by atoms with Gasteiger partial charge in [-0.2, -0.15) is 0 Å². The first-order chi connectivity index (χ1) is 5.27. The van der Waals surface area contributed by atoms with Crippen LogP contribution < -0.4 is 0 Å². The van der Waals surface area contributed by atoms with E-state index in [-0.39, 0.29) is 0 Å². The lowest BCUT2D eigenvalue weighted by Crippen LogP contribution is -2.41. The van der Waals surface area contributed by atoms with E-state index in [1.165, 1.54) is 25.8 Å². The minimum atomic E-state index is 0.510. The van der Waals surface area contributed by atoms with Crippen LogP contribution in [-0.2, 0) is 4.74 Å². The Balaban J connectivity index is 2.37. The number of piperidine rings is 1. The number of ether oxygens (including phenoxy) is 1. The first-order valence-electron chi connectivity index (χ1n) is 4.51. The highest BCUT2D eigenvalue weighted by Crippen LogP contribution is 2.19. The first kappa shape index (κ1) is 9.01. The molecule has 0 aromatic carbocycles. The van der Waals surface area contributed by atoms with Crippen molar-refractivity contribution in [2.24, 2.45) is 0 Å². The van der Waals surface area contributed by atoms with Crippen LogP contribution in [0.5, 0.6) is 0 Å². The van der Waals surface area contributed by atoms with Crippen LogP contribution in [0.4, 0.5) is 0 Å². The van der Waals surface area contributed by atoms with Gasteiger partial charge in [0.25, 0.3) is 0 Å². The monoisotopic (exact) mass is 157 g/mol. The molecule has 1 heterocycles. The summed E-state index contributed by atoms with van der Waals surface area (Å²) in [5.41, 5.74) is 0. The van der Waals surface area contributed by atoms with Gasteiger partial charge in [-0.3, -0.25) is 0 Å². The number of rotatable bonds is 2. The molecule has 66 valence electrons. The van der Waals surface area contributed by atoms with E-state index >= 15 is 0 Å². The maximum absolute atomic E-state index is 5.34. The maximum atomic E-state index is 5.34. The van der Waals surface area contributed by atoms with Crippen LogP contribution >= 0.6 is 0 Å². The molecule has 0 bridgehead atoms. The minimum Gasteiger partial charge on any atom is -0.381 e. The van der Waals surface area contributed by atoms with Crippen molar-refractivity contribution in [1.29, 1.82) is 0 Å². The highest BCUT2D eigenvalue weighted by molar-refractivity contribution is 4.78. The van der Waals surface area contributed by atoms with Gasteiger partial charge in [0.15, 0.2) is 0 Å². The number of likely N-dealkylation sites (tertiary alicyclic amines) is 1. The highest BCUT2D eigenvalue weighted by Gasteiger charge is 2.23. The average molecular weight is 157 g/mol. The lowest BCUT2D eigenvalue weighted by atomic mass is 9.98. The summed E-state index contributed by atoms with van der Waals surface area (Å²) in [7, 11) is 4.03. The normalized spacial score (nSPS) is 34.1. The van der Waals surface area contributed by atoms with Gasteiger partial charge in [0.1, 0.15) is 0 Å². The molecule has 0 saturated carbocycles. The second kappa shape index (κ2) is 4.07. The van der Waals surface area contributed by atoms with Gasteiger partial charge in [0, 0.05) is 19.7 Å². The summed E-state index contributed by atoms with van der Waals surface area (Å²) in [6.07, 6.45) is 4.17. The fourth-order valence-corrected chi connectivity index (χ4v) is 1.82. The molecule has 0 unspecified atom stereocenters. The average Bonchev–Trinajstić information content (AvgIpc) is 2.05. The van der Waals surface area contributed by atoms with Gasteiger partial charge in [-0.15, -0.1) is 0 Å². The summed E-state index contributed by atoms with van der Waals surface area (Å²) >= 11 is 0. The van der Waals surface area contributed by atoms with Crippen molar-refractivity contribution in [2.75, 3.05) is 20.7 Å². The van der Waals surface area contributed by atoms with E-state index in [4.69, 9.17) is 4.74 Å². The van der Waals surface area contributed by atoms with Crippen LogP contribution in [0, 0.1) is 0 Å². The third kappa shape index (κ3) is 2.17. The molecular formula is C9H19NO. The maximum Gasteiger partial charge on any atom is 0.0598 e. The third-order valence-electron chi connectivity index (χ3n) is 2.77. The smallest absolute Gasteiger partial charge is 0.0598 e. The molecule has 0 aliphatic carbocycles. The molecule has 2 heteroatoms. The summed E-state index contributed by atoms with van der Waals surface area (Å²) < 4.78 is 5.34. The molecule has 2 atom stereocenters. The Hall–Kier alpha value is -0.0800. The summed E-state index contributed by atoms with van der Waals surface area (Å²) in [5.74, 6) is 0. The molecule has 1 aliphatic heterocycles. The van der Waals surface area contributed by atoms with Crippen molar-refractivity contribution in [2.45, 2.75) is 38.3 Å². The van der Waals surface area contributed by atoms with Crippen LogP contribution in [0.25, 0.3) is 0 Å². The fraction of sp³-hybridized carbons (Fsp3) is 1.00. The standard InChI is InChI=1S/C9H19NO/c1-4-8-7-9(11-3)5-6-10(8)2/h8-9H,4-7H2,1-3H3/t8-,9-/m1/s1. The number of nitrogens with zero attached hydrogens (tertiary/aromatic N) is 1. The van der Waals surface area contributed by atoms with Gasteiger partial charge in [0.2, 0.25) is 0 Å². The first-order valence-corrected chi connectivity index (χ1v) is 4.51. The van der Waals surface area contributed by atoms with Crippen molar-refractivity contribution in [1.82, 2.24) is 4.90 Å². The van der Waals surface area contributed by atoms with Crippen LogP contribution in [0.2, 0.25) is 0 Å². The lowest BCUT2D eigenvalue weighted by Gasteiger charge is -2.35. The molecule has 0 N–H and O–H groups in total. The van der Waals surface area contributed by atoms with E-state index in [9.17, 15) is 0 Å². The summed E-state index contributed by atoms with van der Waals surface area (Å²) in [6, 6.07) is 0.744. The Kier molecular flexibility index (Phi) is 3.34. The molecule has 0 aromatic rings. The lowest BCUT2D eigenvalue weighted by molar-refractivity contribution is 0.0198. The van der Waals surface area contributed by atoms with Gasteiger partial charge in [-0.05, 0) is 26.3 Å². The number of methoxy groups -OCH3 is 1. The Bertz CT molecular complexity index is 116. The molecular weight excluding hydrogens is 138 g/mol. The molecule has 1 saturated heterocycles. The zero-order valence-corrected chi connectivity index (χ0v) is 7.84. The molecule has 0 amide bonds. The number of hydrogen-bond donors (Lipinski definition) is 0. The summed E-state index contributed by atoms with van der Waals surface area (Å²) in [5, 5.41) is 0. The quantitative estimate of drug-likeness (QED) is 0.602. The van der Waals surface area contributed by atoms with E-state index in [2.05, 4.69) is 18.9 Å². The highest BCUT2D eigenvalue weighted by atomic mass is 16.5.